The number of nitrogens with one attached hydrogen (secondary N) is 1. The zero-order valence-corrected chi connectivity index (χ0v) is 19.5. The molecule has 0 saturated carbocycles. The van der Waals surface area contributed by atoms with Crippen molar-refractivity contribution < 1.29 is 28.2 Å². The fraction of sp³-hybridized carbons (Fsp3) is 0.360. The topological polar surface area (TPSA) is 84.1 Å². The number of fused-ring (bicyclic) bond motifs is 3. The van der Waals surface area contributed by atoms with E-state index in [-0.39, 0.29) is 30.1 Å². The number of benzene rings is 2. The first-order valence-electron chi connectivity index (χ1n) is 11.1. The van der Waals surface area contributed by atoms with Crippen molar-refractivity contribution in [3.05, 3.63) is 47.4 Å². The Morgan fingerprint density at radius 2 is 1.74 bits per heavy atom. The third-order valence-electron chi connectivity index (χ3n) is 6.87. The molecule has 5 rings (SSSR count). The molecule has 0 spiro atoms. The van der Waals surface area contributed by atoms with Crippen molar-refractivity contribution in [3.8, 4) is 17.2 Å². The number of amides is 2. The zero-order valence-electron chi connectivity index (χ0n) is 19.5. The predicted octanol–water partition coefficient (Wildman–Crippen LogP) is 3.58. The van der Waals surface area contributed by atoms with Crippen molar-refractivity contribution in [2.45, 2.75) is 31.8 Å². The second-order valence-electron chi connectivity index (χ2n) is 8.54. The van der Waals surface area contributed by atoms with Gasteiger partial charge in [-0.15, -0.1) is 0 Å². The maximum atomic E-state index is 13.8. The molecule has 0 aliphatic carbocycles. The summed E-state index contributed by atoms with van der Waals surface area (Å²) in [6.45, 7) is 2.59. The highest BCUT2D eigenvalue weighted by atomic mass is 19.1. The van der Waals surface area contributed by atoms with Crippen LogP contribution in [-0.4, -0.2) is 55.6 Å². The molecular formula is C25H26FN3O5. The van der Waals surface area contributed by atoms with Crippen LogP contribution in [0.1, 0.15) is 30.6 Å². The Labute approximate surface area is 196 Å². The minimum absolute atomic E-state index is 0.0734. The normalized spacial score (nSPS) is 20.7. The summed E-state index contributed by atoms with van der Waals surface area (Å²) in [7, 11) is 4.46. The second-order valence-corrected chi connectivity index (χ2v) is 8.54. The van der Waals surface area contributed by atoms with Gasteiger partial charge in [-0.05, 0) is 37.1 Å². The van der Waals surface area contributed by atoms with E-state index in [0.717, 1.165) is 22.2 Å². The molecule has 3 heterocycles. The van der Waals surface area contributed by atoms with E-state index in [1.165, 1.54) is 32.3 Å². The molecule has 1 saturated heterocycles. The molecule has 1 fully saturated rings. The van der Waals surface area contributed by atoms with E-state index < -0.39 is 6.04 Å². The Bertz CT molecular complexity index is 1280. The highest BCUT2D eigenvalue weighted by molar-refractivity contribution is 6.22. The van der Waals surface area contributed by atoms with Gasteiger partial charge in [0.2, 0.25) is 11.7 Å². The molecule has 2 aliphatic heterocycles. The molecular weight excluding hydrogens is 441 g/mol. The predicted molar refractivity (Wildman–Crippen MR) is 124 cm³/mol. The number of H-pyrrole nitrogens is 1. The molecule has 8 nitrogen and oxygen atoms in total. The average Bonchev–Trinajstić information content (AvgIpc) is 3.35. The third kappa shape index (κ3) is 3.30. The standard InChI is InChI=1S/C25H26FN3O5/c1-13-23-16(17-9-14(26)5-6-18(17)27-23)7-8-28(13)19-12-22(30)29(25(19)31)15-10-20(32-2)24(34-4)21(11-15)33-3/h5-6,9-11,13,19,27H,7-8,12H2,1-4H3. The van der Waals surface area contributed by atoms with Gasteiger partial charge in [-0.2, -0.15) is 0 Å². The fourth-order valence-electron chi connectivity index (χ4n) is 5.24. The van der Waals surface area contributed by atoms with E-state index in [1.807, 2.05) is 11.8 Å². The molecule has 1 aromatic heterocycles. The number of carbonyl (C=O) groups excluding carboxylic acids is 2. The maximum Gasteiger partial charge on any atom is 0.251 e. The van der Waals surface area contributed by atoms with Crippen molar-refractivity contribution in [1.82, 2.24) is 9.88 Å². The monoisotopic (exact) mass is 467 g/mol. The fourth-order valence-corrected chi connectivity index (χ4v) is 5.24. The smallest absolute Gasteiger partial charge is 0.251 e. The van der Waals surface area contributed by atoms with E-state index >= 15 is 0 Å². The molecule has 34 heavy (non-hydrogen) atoms. The summed E-state index contributed by atoms with van der Waals surface area (Å²) in [5.41, 5.74) is 3.27. The van der Waals surface area contributed by atoms with Gasteiger partial charge in [0.05, 0.1) is 39.5 Å². The summed E-state index contributed by atoms with van der Waals surface area (Å²) in [6.07, 6.45) is 0.731. The molecule has 9 heteroatoms. The number of hydrogen-bond donors (Lipinski definition) is 1. The van der Waals surface area contributed by atoms with Gasteiger partial charge in [-0.25, -0.2) is 9.29 Å². The van der Waals surface area contributed by atoms with E-state index in [0.29, 0.717) is 35.9 Å². The molecule has 2 amide bonds. The Hall–Kier alpha value is -3.59. The Kier molecular flexibility index (Phi) is 5.44. The first-order chi connectivity index (χ1) is 16.4. The summed E-state index contributed by atoms with van der Waals surface area (Å²) in [5.74, 6) is 0.251. The minimum Gasteiger partial charge on any atom is -0.493 e. The molecule has 2 atom stereocenters. The lowest BCUT2D eigenvalue weighted by atomic mass is 9.96. The van der Waals surface area contributed by atoms with Crippen LogP contribution >= 0.6 is 0 Å². The lowest BCUT2D eigenvalue weighted by Gasteiger charge is -2.36. The van der Waals surface area contributed by atoms with Crippen molar-refractivity contribution >= 4 is 28.4 Å². The summed E-state index contributed by atoms with van der Waals surface area (Å²) in [5, 5.41) is 0.870. The van der Waals surface area contributed by atoms with Crippen LogP contribution in [0.5, 0.6) is 17.2 Å². The number of imide groups is 1. The summed E-state index contributed by atoms with van der Waals surface area (Å²) < 4.78 is 30.0. The summed E-state index contributed by atoms with van der Waals surface area (Å²) >= 11 is 0. The number of rotatable bonds is 5. The molecule has 0 radical (unpaired) electrons. The summed E-state index contributed by atoms with van der Waals surface area (Å²) in [4.78, 5) is 33.2. The molecule has 2 aliphatic rings. The van der Waals surface area contributed by atoms with Crippen LogP contribution < -0.4 is 19.1 Å². The Morgan fingerprint density at radius 3 is 2.38 bits per heavy atom. The summed E-state index contributed by atoms with van der Waals surface area (Å²) in [6, 6.07) is 7.17. The molecule has 1 N–H and O–H groups in total. The SMILES string of the molecule is COc1cc(N2C(=O)CC(N3CCc4c([nH]c5ccc(F)cc45)C3C)C2=O)cc(OC)c1OC. The number of hydrogen-bond acceptors (Lipinski definition) is 6. The van der Waals surface area contributed by atoms with E-state index in [2.05, 4.69) is 4.98 Å². The molecule has 2 aromatic carbocycles. The van der Waals surface area contributed by atoms with Crippen LogP contribution in [0.3, 0.4) is 0 Å². The number of methoxy groups -OCH3 is 3. The average molecular weight is 467 g/mol. The van der Waals surface area contributed by atoms with Gasteiger partial charge < -0.3 is 19.2 Å². The number of anilines is 1. The van der Waals surface area contributed by atoms with E-state index in [4.69, 9.17) is 14.2 Å². The largest absolute Gasteiger partial charge is 0.493 e. The Balaban J connectivity index is 1.47. The van der Waals surface area contributed by atoms with Crippen LogP contribution in [0.2, 0.25) is 0 Å². The molecule has 3 aromatic rings. The first kappa shape index (κ1) is 22.2. The van der Waals surface area contributed by atoms with Gasteiger partial charge in [0.15, 0.2) is 11.5 Å². The van der Waals surface area contributed by atoms with Crippen LogP contribution in [0.15, 0.2) is 30.3 Å². The van der Waals surface area contributed by atoms with Crippen LogP contribution in [0.25, 0.3) is 10.9 Å². The van der Waals surface area contributed by atoms with Crippen molar-refractivity contribution in [3.63, 3.8) is 0 Å². The number of aromatic amines is 1. The van der Waals surface area contributed by atoms with E-state index in [9.17, 15) is 14.0 Å². The lowest BCUT2D eigenvalue weighted by molar-refractivity contribution is -0.123. The maximum absolute atomic E-state index is 13.8. The number of carbonyl (C=O) groups is 2. The third-order valence-corrected chi connectivity index (χ3v) is 6.87. The van der Waals surface area contributed by atoms with Gasteiger partial charge in [0, 0.05) is 41.3 Å². The van der Waals surface area contributed by atoms with Crippen molar-refractivity contribution in [2.24, 2.45) is 0 Å². The van der Waals surface area contributed by atoms with Crippen molar-refractivity contribution in [2.75, 3.05) is 32.8 Å². The van der Waals surface area contributed by atoms with Crippen LogP contribution in [0.4, 0.5) is 10.1 Å². The van der Waals surface area contributed by atoms with Crippen LogP contribution in [0, 0.1) is 5.82 Å². The van der Waals surface area contributed by atoms with E-state index in [1.54, 1.807) is 24.3 Å². The van der Waals surface area contributed by atoms with Crippen molar-refractivity contribution in [1.29, 1.82) is 0 Å². The van der Waals surface area contributed by atoms with Gasteiger partial charge in [0.25, 0.3) is 5.91 Å². The molecule has 2 unspecified atom stereocenters. The number of nitrogens with zero attached hydrogens (tertiary/aromatic N) is 2. The number of aromatic nitrogens is 1. The number of ether oxygens (including phenoxy) is 3. The van der Waals surface area contributed by atoms with Gasteiger partial charge in [0.1, 0.15) is 5.82 Å². The second kappa shape index (κ2) is 8.32. The Morgan fingerprint density at radius 1 is 1.03 bits per heavy atom. The van der Waals surface area contributed by atoms with Gasteiger partial charge in [-0.3, -0.25) is 14.5 Å². The minimum atomic E-state index is -0.599. The molecule has 0 bridgehead atoms. The first-order valence-corrected chi connectivity index (χ1v) is 11.1. The highest BCUT2D eigenvalue weighted by Crippen LogP contribution is 2.43. The zero-order chi connectivity index (χ0) is 24.1. The number of halogens is 1. The van der Waals surface area contributed by atoms with Gasteiger partial charge >= 0.3 is 0 Å². The molecule has 178 valence electrons. The lowest BCUT2D eigenvalue weighted by Crippen LogP contribution is -2.46. The highest BCUT2D eigenvalue weighted by Gasteiger charge is 2.46. The quantitative estimate of drug-likeness (QED) is 0.578. The van der Waals surface area contributed by atoms with Gasteiger partial charge in [-0.1, -0.05) is 0 Å². The van der Waals surface area contributed by atoms with Crippen LogP contribution in [-0.2, 0) is 16.0 Å².